The van der Waals surface area contributed by atoms with E-state index in [1.54, 1.807) is 0 Å². The monoisotopic (exact) mass is 314 g/mol. The lowest BCUT2D eigenvalue weighted by atomic mass is 10.1. The molecule has 0 fully saturated rings. The van der Waals surface area contributed by atoms with Crippen molar-refractivity contribution in [2.75, 3.05) is 0 Å². The van der Waals surface area contributed by atoms with Crippen molar-refractivity contribution in [3.05, 3.63) is 40.9 Å². The lowest BCUT2D eigenvalue weighted by Gasteiger charge is -2.19. The Morgan fingerprint density at radius 2 is 1.71 bits per heavy atom. The molecule has 1 aromatic heterocycles. The van der Waals surface area contributed by atoms with Crippen molar-refractivity contribution in [1.29, 1.82) is 0 Å². The summed E-state index contributed by atoms with van der Waals surface area (Å²) in [5, 5.41) is 5.98. The van der Waals surface area contributed by atoms with Gasteiger partial charge in [-0.25, -0.2) is 4.98 Å². The normalized spacial score (nSPS) is 12.7. The summed E-state index contributed by atoms with van der Waals surface area (Å²) in [5.74, 6) is 0. The minimum absolute atomic E-state index is 0.00185. The molecule has 0 bridgehead atoms. The molecule has 1 N–H and O–H groups in total. The van der Waals surface area contributed by atoms with E-state index in [0.717, 1.165) is 22.8 Å². The number of hydrogen-bond donors (Lipinski definition) is 1. The molecule has 2 rings (SSSR count). The van der Waals surface area contributed by atoms with E-state index in [0.29, 0.717) is 12.1 Å². The quantitative estimate of drug-likeness (QED) is 0.887. The second-order valence-corrected chi connectivity index (χ2v) is 6.68. The first-order valence-corrected chi connectivity index (χ1v) is 7.40. The fourth-order valence-electron chi connectivity index (χ4n) is 1.68. The maximum Gasteiger partial charge on any atom is 0.416 e. The Morgan fingerprint density at radius 3 is 2.24 bits per heavy atom. The molecule has 21 heavy (non-hydrogen) atoms. The minimum atomic E-state index is -4.30. The van der Waals surface area contributed by atoms with Gasteiger partial charge >= 0.3 is 6.18 Å². The molecule has 1 aromatic carbocycles. The molecule has 0 aliphatic rings. The van der Waals surface area contributed by atoms with E-state index in [1.165, 1.54) is 23.5 Å². The fraction of sp³-hybridized carbons (Fsp3) is 0.400. The second-order valence-electron chi connectivity index (χ2n) is 5.82. The first kappa shape index (κ1) is 16.0. The van der Waals surface area contributed by atoms with Gasteiger partial charge in [0.1, 0.15) is 5.01 Å². The Morgan fingerprint density at radius 1 is 1.10 bits per heavy atom. The zero-order valence-corrected chi connectivity index (χ0v) is 12.9. The van der Waals surface area contributed by atoms with Crippen LogP contribution in [0.5, 0.6) is 0 Å². The highest BCUT2D eigenvalue weighted by Crippen LogP contribution is 2.31. The molecule has 0 unspecified atom stereocenters. The number of hydrogen-bond acceptors (Lipinski definition) is 3. The van der Waals surface area contributed by atoms with Crippen LogP contribution in [-0.2, 0) is 12.7 Å². The van der Waals surface area contributed by atoms with Crippen LogP contribution in [0.2, 0.25) is 0 Å². The fourth-order valence-corrected chi connectivity index (χ4v) is 2.50. The number of thiazole rings is 1. The van der Waals surface area contributed by atoms with Crippen molar-refractivity contribution in [2.24, 2.45) is 0 Å². The number of rotatable bonds is 3. The van der Waals surface area contributed by atoms with E-state index >= 15 is 0 Å². The molecule has 0 aliphatic carbocycles. The first-order valence-electron chi connectivity index (χ1n) is 6.52. The molecule has 0 saturated carbocycles. The molecule has 0 aliphatic heterocycles. The van der Waals surface area contributed by atoms with Gasteiger partial charge in [0.05, 0.1) is 11.3 Å². The van der Waals surface area contributed by atoms with Crippen LogP contribution >= 0.6 is 11.3 Å². The first-order chi connectivity index (χ1) is 9.65. The van der Waals surface area contributed by atoms with Crippen LogP contribution in [0.1, 0.15) is 32.0 Å². The van der Waals surface area contributed by atoms with E-state index < -0.39 is 11.7 Å². The molecule has 114 valence electrons. The van der Waals surface area contributed by atoms with Crippen molar-refractivity contribution in [2.45, 2.75) is 39.0 Å². The zero-order chi connectivity index (χ0) is 15.7. The van der Waals surface area contributed by atoms with Gasteiger partial charge in [-0.15, -0.1) is 11.3 Å². The zero-order valence-electron chi connectivity index (χ0n) is 12.1. The van der Waals surface area contributed by atoms with Gasteiger partial charge in [0.25, 0.3) is 0 Å². The van der Waals surface area contributed by atoms with Crippen molar-refractivity contribution in [3.63, 3.8) is 0 Å². The van der Waals surface area contributed by atoms with Crippen LogP contribution in [0.4, 0.5) is 13.2 Å². The summed E-state index contributed by atoms with van der Waals surface area (Å²) in [5.41, 5.74) is 0.954. The van der Waals surface area contributed by atoms with E-state index in [2.05, 4.69) is 31.1 Å². The number of aromatic nitrogens is 1. The third-order valence-corrected chi connectivity index (χ3v) is 3.75. The van der Waals surface area contributed by atoms with Crippen molar-refractivity contribution < 1.29 is 13.2 Å². The summed E-state index contributed by atoms with van der Waals surface area (Å²) < 4.78 is 37.6. The number of alkyl halides is 3. The summed E-state index contributed by atoms with van der Waals surface area (Å²) in [6.45, 7) is 6.84. The maximum atomic E-state index is 12.5. The predicted octanol–water partition coefficient (Wildman–Crippen LogP) is 4.72. The van der Waals surface area contributed by atoms with Gasteiger partial charge in [-0.3, -0.25) is 0 Å². The Hall–Kier alpha value is -1.40. The third-order valence-electron chi connectivity index (χ3n) is 2.81. The number of halogens is 3. The molecule has 0 saturated heterocycles. The van der Waals surface area contributed by atoms with Gasteiger partial charge in [0, 0.05) is 23.0 Å². The SMILES string of the molecule is CC(C)(C)NCc1csc(-c2ccc(C(F)(F)F)cc2)n1. The summed E-state index contributed by atoms with van der Waals surface area (Å²) in [6.07, 6.45) is -4.30. The molecule has 2 nitrogen and oxygen atoms in total. The maximum absolute atomic E-state index is 12.5. The molecule has 2 aromatic rings. The summed E-state index contributed by atoms with van der Waals surface area (Å²) in [7, 11) is 0. The molecule has 0 atom stereocenters. The van der Waals surface area contributed by atoms with Crippen molar-refractivity contribution in [1.82, 2.24) is 10.3 Å². The van der Waals surface area contributed by atoms with E-state index in [-0.39, 0.29) is 5.54 Å². The summed E-state index contributed by atoms with van der Waals surface area (Å²) in [6, 6.07) is 5.10. The molecule has 1 heterocycles. The van der Waals surface area contributed by atoms with Gasteiger partial charge in [-0.05, 0) is 32.9 Å². The van der Waals surface area contributed by atoms with Gasteiger partial charge in [-0.2, -0.15) is 13.2 Å². The Labute approximate surface area is 126 Å². The average Bonchev–Trinajstić information content (AvgIpc) is 2.83. The molecule has 6 heteroatoms. The van der Waals surface area contributed by atoms with Gasteiger partial charge in [0.15, 0.2) is 0 Å². The van der Waals surface area contributed by atoms with E-state index in [9.17, 15) is 13.2 Å². The molecular weight excluding hydrogens is 297 g/mol. The van der Waals surface area contributed by atoms with Gasteiger partial charge < -0.3 is 5.32 Å². The Balaban J connectivity index is 2.11. The highest BCUT2D eigenvalue weighted by molar-refractivity contribution is 7.13. The van der Waals surface area contributed by atoms with Crippen molar-refractivity contribution >= 4 is 11.3 Å². The van der Waals surface area contributed by atoms with E-state index in [1.807, 2.05) is 5.38 Å². The minimum Gasteiger partial charge on any atom is -0.306 e. The predicted molar refractivity (Wildman–Crippen MR) is 79.1 cm³/mol. The standard InChI is InChI=1S/C15H17F3N2S/c1-14(2,3)19-8-12-9-21-13(20-12)10-4-6-11(7-5-10)15(16,17)18/h4-7,9,19H,8H2,1-3H3. The topological polar surface area (TPSA) is 24.9 Å². The van der Waals surface area contributed by atoms with Gasteiger partial charge in [-0.1, -0.05) is 12.1 Å². The Kier molecular flexibility index (Phi) is 4.39. The van der Waals surface area contributed by atoms with Crippen LogP contribution in [0.3, 0.4) is 0 Å². The summed E-state index contributed by atoms with van der Waals surface area (Å²) >= 11 is 1.43. The highest BCUT2D eigenvalue weighted by atomic mass is 32.1. The molecule has 0 spiro atoms. The second kappa shape index (κ2) is 5.77. The van der Waals surface area contributed by atoms with Crippen LogP contribution in [0, 0.1) is 0 Å². The lowest BCUT2D eigenvalue weighted by Crippen LogP contribution is -2.35. The summed E-state index contributed by atoms with van der Waals surface area (Å²) in [4.78, 5) is 4.45. The highest BCUT2D eigenvalue weighted by Gasteiger charge is 2.30. The number of nitrogens with one attached hydrogen (secondary N) is 1. The lowest BCUT2D eigenvalue weighted by molar-refractivity contribution is -0.137. The Bertz CT molecular complexity index is 595. The molecule has 0 amide bonds. The smallest absolute Gasteiger partial charge is 0.306 e. The van der Waals surface area contributed by atoms with Crippen LogP contribution in [0.25, 0.3) is 10.6 Å². The van der Waals surface area contributed by atoms with Gasteiger partial charge in [0.2, 0.25) is 0 Å². The third kappa shape index (κ3) is 4.54. The number of benzene rings is 1. The van der Waals surface area contributed by atoms with Crippen molar-refractivity contribution in [3.8, 4) is 10.6 Å². The molecule has 0 radical (unpaired) electrons. The van der Waals surface area contributed by atoms with E-state index in [4.69, 9.17) is 0 Å². The number of nitrogens with zero attached hydrogens (tertiary/aromatic N) is 1. The van der Waals surface area contributed by atoms with Crippen LogP contribution in [-0.4, -0.2) is 10.5 Å². The largest absolute Gasteiger partial charge is 0.416 e. The van der Waals surface area contributed by atoms with Crippen LogP contribution in [0.15, 0.2) is 29.6 Å². The van der Waals surface area contributed by atoms with Crippen LogP contribution < -0.4 is 5.32 Å². The average molecular weight is 314 g/mol. The molecular formula is C15H17F3N2S.